The van der Waals surface area contributed by atoms with E-state index in [4.69, 9.17) is 0 Å². The van der Waals surface area contributed by atoms with Crippen LogP contribution >= 0.6 is 22.7 Å². The average Bonchev–Trinajstić information content (AvgIpc) is 3.12. The predicted molar refractivity (Wildman–Crippen MR) is 88.0 cm³/mol. The Morgan fingerprint density at radius 2 is 2.00 bits per heavy atom. The zero-order chi connectivity index (χ0) is 13.9. The van der Waals surface area contributed by atoms with Gasteiger partial charge in [0.15, 0.2) is 0 Å². The third kappa shape index (κ3) is 2.62. The first kappa shape index (κ1) is 13.3. The molecule has 0 aromatic carbocycles. The lowest BCUT2D eigenvalue weighted by atomic mass is 10.3. The van der Waals surface area contributed by atoms with E-state index in [2.05, 4.69) is 45.7 Å². The lowest BCUT2D eigenvalue weighted by Gasteiger charge is -2.07. The van der Waals surface area contributed by atoms with Crippen LogP contribution in [0.1, 0.15) is 16.7 Å². The second-order valence-corrected chi connectivity index (χ2v) is 6.51. The maximum absolute atomic E-state index is 4.51. The van der Waals surface area contributed by atoms with Crippen LogP contribution in [0.4, 0.5) is 11.8 Å². The minimum atomic E-state index is 0.655. The van der Waals surface area contributed by atoms with Gasteiger partial charge < -0.3 is 10.6 Å². The van der Waals surface area contributed by atoms with Crippen molar-refractivity contribution in [1.29, 1.82) is 0 Å². The topological polar surface area (TPSA) is 49.8 Å². The first-order chi connectivity index (χ1) is 9.80. The fourth-order valence-electron chi connectivity index (χ4n) is 1.98. The molecule has 0 atom stereocenters. The van der Waals surface area contributed by atoms with E-state index in [1.165, 1.54) is 9.75 Å². The van der Waals surface area contributed by atoms with Gasteiger partial charge in [0.05, 0.1) is 11.9 Å². The molecular weight excluding hydrogens is 288 g/mol. The van der Waals surface area contributed by atoms with Crippen molar-refractivity contribution in [3.8, 4) is 0 Å². The highest BCUT2D eigenvalue weighted by atomic mass is 32.1. The summed E-state index contributed by atoms with van der Waals surface area (Å²) in [5.41, 5.74) is 0. The number of rotatable bonds is 5. The second kappa shape index (κ2) is 5.76. The van der Waals surface area contributed by atoms with Gasteiger partial charge in [-0.2, -0.15) is 4.98 Å². The Bertz CT molecular complexity index is 717. The molecule has 0 fully saturated rings. The molecule has 0 unspecified atom stereocenters. The molecule has 20 heavy (non-hydrogen) atoms. The standard InChI is InChI=1S/C14H16N4S2/c1-3-9-4-5-10(20-9)8-16-12-11-6-7-19-13(11)18-14(15-2)17-12/h4-7H,3,8H2,1-2H3,(H2,15,16,17,18). The number of nitrogens with one attached hydrogen (secondary N) is 2. The van der Waals surface area contributed by atoms with E-state index in [0.717, 1.165) is 29.0 Å². The average molecular weight is 304 g/mol. The van der Waals surface area contributed by atoms with Gasteiger partial charge in [0, 0.05) is 16.8 Å². The van der Waals surface area contributed by atoms with Crippen molar-refractivity contribution >= 4 is 44.7 Å². The molecular formula is C14H16N4S2. The van der Waals surface area contributed by atoms with Crippen LogP contribution in [0.15, 0.2) is 23.6 Å². The van der Waals surface area contributed by atoms with E-state index in [1.54, 1.807) is 11.3 Å². The Morgan fingerprint density at radius 1 is 1.15 bits per heavy atom. The summed E-state index contributed by atoms with van der Waals surface area (Å²) in [6.07, 6.45) is 1.09. The molecule has 0 aliphatic carbocycles. The number of thiophene rings is 2. The molecule has 0 bridgehead atoms. The van der Waals surface area contributed by atoms with Crippen LogP contribution in [0.2, 0.25) is 0 Å². The molecule has 0 amide bonds. The minimum Gasteiger partial charge on any atom is -0.364 e. The van der Waals surface area contributed by atoms with Crippen molar-refractivity contribution in [1.82, 2.24) is 9.97 Å². The lowest BCUT2D eigenvalue weighted by Crippen LogP contribution is -2.04. The normalized spacial score (nSPS) is 10.9. The van der Waals surface area contributed by atoms with Crippen LogP contribution in [0, 0.1) is 0 Å². The first-order valence-corrected chi connectivity index (χ1v) is 8.24. The van der Waals surface area contributed by atoms with Gasteiger partial charge in [-0.15, -0.1) is 22.7 Å². The number of nitrogens with zero attached hydrogens (tertiary/aromatic N) is 2. The quantitative estimate of drug-likeness (QED) is 0.749. The Hall–Kier alpha value is -1.66. The molecule has 0 saturated carbocycles. The number of hydrogen-bond donors (Lipinski definition) is 2. The first-order valence-electron chi connectivity index (χ1n) is 6.54. The molecule has 104 valence electrons. The van der Waals surface area contributed by atoms with Crippen LogP contribution in [-0.4, -0.2) is 17.0 Å². The smallest absolute Gasteiger partial charge is 0.225 e. The summed E-state index contributed by atoms with van der Waals surface area (Å²) in [5.74, 6) is 1.55. The van der Waals surface area contributed by atoms with E-state index in [1.807, 2.05) is 23.8 Å². The van der Waals surface area contributed by atoms with Crippen LogP contribution in [0.5, 0.6) is 0 Å². The molecule has 2 N–H and O–H groups in total. The Labute approximate surface area is 125 Å². The van der Waals surface area contributed by atoms with Gasteiger partial charge in [-0.25, -0.2) is 4.98 Å². The molecule has 6 heteroatoms. The van der Waals surface area contributed by atoms with Crippen molar-refractivity contribution in [2.75, 3.05) is 17.7 Å². The molecule has 3 aromatic heterocycles. The van der Waals surface area contributed by atoms with Gasteiger partial charge in [-0.1, -0.05) is 6.92 Å². The summed E-state index contributed by atoms with van der Waals surface area (Å²) in [4.78, 5) is 12.7. The third-order valence-corrected chi connectivity index (χ3v) is 5.08. The molecule has 0 radical (unpaired) electrons. The summed E-state index contributed by atoms with van der Waals surface area (Å²) < 4.78 is 0. The fourth-order valence-corrected chi connectivity index (χ4v) is 3.64. The van der Waals surface area contributed by atoms with Gasteiger partial charge in [-0.05, 0) is 30.0 Å². The third-order valence-electron chi connectivity index (χ3n) is 3.04. The summed E-state index contributed by atoms with van der Waals surface area (Å²) >= 11 is 3.48. The van der Waals surface area contributed by atoms with E-state index >= 15 is 0 Å². The zero-order valence-electron chi connectivity index (χ0n) is 11.4. The van der Waals surface area contributed by atoms with Crippen LogP contribution < -0.4 is 10.6 Å². The Morgan fingerprint density at radius 3 is 2.75 bits per heavy atom. The van der Waals surface area contributed by atoms with E-state index in [0.29, 0.717) is 5.95 Å². The van der Waals surface area contributed by atoms with Crippen molar-refractivity contribution in [2.24, 2.45) is 0 Å². The maximum Gasteiger partial charge on any atom is 0.225 e. The van der Waals surface area contributed by atoms with Gasteiger partial charge in [0.1, 0.15) is 10.6 Å². The summed E-state index contributed by atoms with van der Waals surface area (Å²) in [7, 11) is 1.84. The van der Waals surface area contributed by atoms with Gasteiger partial charge in [-0.3, -0.25) is 0 Å². The number of aryl methyl sites for hydroxylation is 1. The summed E-state index contributed by atoms with van der Waals surface area (Å²) in [6, 6.07) is 6.44. The lowest BCUT2D eigenvalue weighted by molar-refractivity contribution is 1.12. The number of fused-ring (bicyclic) bond motifs is 1. The highest BCUT2D eigenvalue weighted by molar-refractivity contribution is 7.16. The number of aromatic nitrogens is 2. The second-order valence-electron chi connectivity index (χ2n) is 4.36. The van der Waals surface area contributed by atoms with E-state index < -0.39 is 0 Å². The molecule has 0 aliphatic rings. The fraction of sp³-hybridized carbons (Fsp3) is 0.286. The SMILES string of the molecule is CCc1ccc(CNc2nc(NC)nc3sccc23)s1. The molecule has 3 rings (SSSR count). The maximum atomic E-state index is 4.51. The van der Waals surface area contributed by atoms with E-state index in [9.17, 15) is 0 Å². The number of hydrogen-bond acceptors (Lipinski definition) is 6. The molecule has 3 aromatic rings. The van der Waals surface area contributed by atoms with Crippen LogP contribution in [0.3, 0.4) is 0 Å². The monoisotopic (exact) mass is 304 g/mol. The largest absolute Gasteiger partial charge is 0.364 e. The van der Waals surface area contributed by atoms with Gasteiger partial charge in [0.2, 0.25) is 5.95 Å². The van der Waals surface area contributed by atoms with Crippen molar-refractivity contribution < 1.29 is 0 Å². The van der Waals surface area contributed by atoms with Crippen LogP contribution in [-0.2, 0) is 13.0 Å². The molecule has 0 aliphatic heterocycles. The molecule has 0 spiro atoms. The van der Waals surface area contributed by atoms with Crippen LogP contribution in [0.25, 0.3) is 10.2 Å². The molecule has 4 nitrogen and oxygen atoms in total. The zero-order valence-corrected chi connectivity index (χ0v) is 13.1. The molecule has 3 heterocycles. The molecule has 0 saturated heterocycles. The Kier molecular flexibility index (Phi) is 3.84. The van der Waals surface area contributed by atoms with Gasteiger partial charge >= 0.3 is 0 Å². The highest BCUT2D eigenvalue weighted by Gasteiger charge is 2.08. The van der Waals surface area contributed by atoms with Crippen molar-refractivity contribution in [3.05, 3.63) is 33.3 Å². The highest BCUT2D eigenvalue weighted by Crippen LogP contribution is 2.27. The summed E-state index contributed by atoms with van der Waals surface area (Å²) in [5, 5.41) is 9.57. The van der Waals surface area contributed by atoms with Crippen molar-refractivity contribution in [2.45, 2.75) is 19.9 Å². The van der Waals surface area contributed by atoms with E-state index in [-0.39, 0.29) is 0 Å². The minimum absolute atomic E-state index is 0.655. The van der Waals surface area contributed by atoms with Crippen molar-refractivity contribution in [3.63, 3.8) is 0 Å². The number of anilines is 2. The Balaban J connectivity index is 1.84. The predicted octanol–water partition coefficient (Wildman–Crippen LogP) is 3.97. The summed E-state index contributed by atoms with van der Waals surface area (Å²) in [6.45, 7) is 2.98. The van der Waals surface area contributed by atoms with Gasteiger partial charge in [0.25, 0.3) is 0 Å².